The summed E-state index contributed by atoms with van der Waals surface area (Å²) in [5, 5.41) is 8.81. The molecule has 0 heterocycles. The van der Waals surface area contributed by atoms with Crippen molar-refractivity contribution in [3.63, 3.8) is 0 Å². The largest absolute Gasteiger partial charge is 0.480 e. The Kier molecular flexibility index (Phi) is 11.0. The van der Waals surface area contributed by atoms with Gasteiger partial charge in [0.1, 0.15) is 6.04 Å². The Morgan fingerprint density at radius 1 is 1.36 bits per heavy atom. The molecule has 0 saturated heterocycles. The van der Waals surface area contributed by atoms with Gasteiger partial charge in [0.2, 0.25) is 0 Å². The van der Waals surface area contributed by atoms with Crippen molar-refractivity contribution in [1.29, 1.82) is 0 Å². The van der Waals surface area contributed by atoms with E-state index in [2.05, 4.69) is 4.90 Å². The van der Waals surface area contributed by atoms with Crippen molar-refractivity contribution < 1.29 is 14.6 Å². The van der Waals surface area contributed by atoms with Crippen molar-refractivity contribution in [3.05, 3.63) is 29.8 Å². The second kappa shape index (κ2) is 11.5. The van der Waals surface area contributed by atoms with Gasteiger partial charge in [0.05, 0.1) is 6.61 Å². The Morgan fingerprint density at radius 2 is 2.00 bits per heavy atom. The third-order valence-electron chi connectivity index (χ3n) is 3.14. The number of ether oxygens (including phenoxy) is 1. The van der Waals surface area contributed by atoms with E-state index in [0.717, 1.165) is 24.3 Å². The molecule has 5 nitrogen and oxygen atoms in total. The summed E-state index contributed by atoms with van der Waals surface area (Å²) in [6.07, 6.45) is 0.323. The summed E-state index contributed by atoms with van der Waals surface area (Å²) in [6, 6.07) is 6.86. The van der Waals surface area contributed by atoms with Gasteiger partial charge in [-0.25, -0.2) is 0 Å². The van der Waals surface area contributed by atoms with Crippen LogP contribution in [0.5, 0.6) is 0 Å². The predicted octanol–water partition coefficient (Wildman–Crippen LogP) is 2.14. The summed E-state index contributed by atoms with van der Waals surface area (Å²) >= 11 is 5.83. The highest BCUT2D eigenvalue weighted by Crippen LogP contribution is 2.16. The highest BCUT2D eigenvalue weighted by molar-refractivity contribution is 6.18. The first-order chi connectivity index (χ1) is 10.1. The van der Waals surface area contributed by atoms with Crippen LogP contribution in [0.3, 0.4) is 0 Å². The number of aliphatic carboxylic acids is 1. The molecule has 1 aromatic rings. The lowest BCUT2D eigenvalue weighted by Crippen LogP contribution is -2.32. The minimum Gasteiger partial charge on any atom is -0.480 e. The monoisotopic (exact) mass is 350 g/mol. The van der Waals surface area contributed by atoms with Crippen LogP contribution in [0.25, 0.3) is 0 Å². The molecule has 0 aliphatic carbocycles. The molecule has 1 atom stereocenters. The maximum Gasteiger partial charge on any atom is 0.320 e. The topological polar surface area (TPSA) is 75.8 Å². The lowest BCUT2D eigenvalue weighted by molar-refractivity contribution is -0.138. The SMILES string of the molecule is CCOCCN(CCCl)c1ccc(CC(N)C(=O)O)cc1.Cl. The molecule has 0 bridgehead atoms. The van der Waals surface area contributed by atoms with Crippen LogP contribution in [0, 0.1) is 0 Å². The van der Waals surface area contributed by atoms with Crippen LogP contribution in [0.4, 0.5) is 5.69 Å². The second-order valence-corrected chi connectivity index (χ2v) is 5.07. The van der Waals surface area contributed by atoms with Gasteiger partial charge in [0.25, 0.3) is 0 Å². The van der Waals surface area contributed by atoms with Gasteiger partial charge in [-0.2, -0.15) is 0 Å². The number of benzene rings is 1. The number of nitrogens with zero attached hydrogens (tertiary/aromatic N) is 1. The molecule has 0 amide bonds. The molecule has 3 N–H and O–H groups in total. The molecule has 22 heavy (non-hydrogen) atoms. The Balaban J connectivity index is 0.00000441. The van der Waals surface area contributed by atoms with Crippen molar-refractivity contribution in [2.45, 2.75) is 19.4 Å². The number of rotatable bonds is 10. The van der Waals surface area contributed by atoms with Gasteiger partial charge in [-0.05, 0) is 31.0 Å². The highest BCUT2D eigenvalue weighted by atomic mass is 35.5. The molecule has 0 radical (unpaired) electrons. The highest BCUT2D eigenvalue weighted by Gasteiger charge is 2.12. The first kappa shape index (κ1) is 21.0. The standard InChI is InChI=1S/C15H23ClN2O3.ClH/c1-2-21-10-9-18(8-7-16)13-5-3-12(4-6-13)11-14(17)15(19)20;/h3-6,14H,2,7-11,17H2,1H3,(H,19,20);1H. The Hall–Kier alpha value is -1.01. The first-order valence-electron chi connectivity index (χ1n) is 7.04. The molecule has 1 rings (SSSR count). The molecule has 0 aromatic heterocycles. The fourth-order valence-corrected chi connectivity index (χ4v) is 2.18. The van der Waals surface area contributed by atoms with Crippen molar-refractivity contribution in [3.8, 4) is 0 Å². The van der Waals surface area contributed by atoms with Crippen LogP contribution < -0.4 is 10.6 Å². The van der Waals surface area contributed by atoms with Crippen molar-refractivity contribution in [2.24, 2.45) is 5.73 Å². The van der Waals surface area contributed by atoms with Crippen molar-refractivity contribution >= 4 is 35.7 Å². The quantitative estimate of drug-likeness (QED) is 0.499. The molecule has 0 aliphatic rings. The zero-order valence-electron chi connectivity index (χ0n) is 12.7. The van der Waals surface area contributed by atoms with Crippen molar-refractivity contribution in [1.82, 2.24) is 0 Å². The molecule has 0 fully saturated rings. The molecular weight excluding hydrogens is 327 g/mol. The number of halogens is 2. The number of nitrogens with two attached hydrogens (primary N) is 1. The summed E-state index contributed by atoms with van der Waals surface area (Å²) in [5.41, 5.74) is 7.48. The maximum atomic E-state index is 10.7. The second-order valence-electron chi connectivity index (χ2n) is 4.69. The lowest BCUT2D eigenvalue weighted by Gasteiger charge is -2.24. The van der Waals surface area contributed by atoms with Crippen LogP contribution in [-0.2, 0) is 16.0 Å². The third kappa shape index (κ3) is 7.31. The van der Waals surface area contributed by atoms with E-state index in [1.54, 1.807) is 0 Å². The van der Waals surface area contributed by atoms with Gasteiger partial charge < -0.3 is 20.5 Å². The van der Waals surface area contributed by atoms with Crippen LogP contribution in [0.1, 0.15) is 12.5 Å². The normalized spacial score (nSPS) is 11.6. The third-order valence-corrected chi connectivity index (χ3v) is 3.31. The van der Waals surface area contributed by atoms with Gasteiger partial charge >= 0.3 is 5.97 Å². The van der Waals surface area contributed by atoms with Gasteiger partial charge in [-0.3, -0.25) is 4.79 Å². The van der Waals surface area contributed by atoms with E-state index in [1.165, 1.54) is 0 Å². The molecule has 0 aliphatic heterocycles. The van der Waals surface area contributed by atoms with E-state index >= 15 is 0 Å². The molecule has 0 saturated carbocycles. The average molecular weight is 351 g/mol. The molecule has 1 unspecified atom stereocenters. The summed E-state index contributed by atoms with van der Waals surface area (Å²) < 4.78 is 5.37. The van der Waals surface area contributed by atoms with Crippen LogP contribution >= 0.6 is 24.0 Å². The minimum absolute atomic E-state index is 0. The molecule has 0 spiro atoms. The average Bonchev–Trinajstić information content (AvgIpc) is 2.47. The van der Waals surface area contributed by atoms with Crippen molar-refractivity contribution in [2.75, 3.05) is 37.1 Å². The number of hydrogen-bond acceptors (Lipinski definition) is 4. The van der Waals surface area contributed by atoms with E-state index in [1.807, 2.05) is 31.2 Å². The number of alkyl halides is 1. The number of carbonyl (C=O) groups is 1. The fourth-order valence-electron chi connectivity index (χ4n) is 1.98. The van der Waals surface area contributed by atoms with E-state index in [4.69, 9.17) is 27.2 Å². The molecule has 7 heteroatoms. The number of carboxylic acid groups (broad SMARTS) is 1. The first-order valence-corrected chi connectivity index (χ1v) is 7.58. The van der Waals surface area contributed by atoms with E-state index in [0.29, 0.717) is 25.5 Å². The summed E-state index contributed by atoms with van der Waals surface area (Å²) in [4.78, 5) is 12.9. The summed E-state index contributed by atoms with van der Waals surface area (Å²) in [5.74, 6) is -0.447. The Morgan fingerprint density at radius 3 is 2.50 bits per heavy atom. The molecule has 126 valence electrons. The van der Waals surface area contributed by atoms with Crippen LogP contribution in [-0.4, -0.2) is 49.3 Å². The zero-order valence-corrected chi connectivity index (χ0v) is 14.3. The summed E-state index contributed by atoms with van der Waals surface area (Å²) in [6.45, 7) is 4.82. The smallest absolute Gasteiger partial charge is 0.320 e. The van der Waals surface area contributed by atoms with Crippen LogP contribution in [0.2, 0.25) is 0 Å². The predicted molar refractivity (Wildman–Crippen MR) is 92.4 cm³/mol. The van der Waals surface area contributed by atoms with Gasteiger partial charge in [0.15, 0.2) is 0 Å². The van der Waals surface area contributed by atoms with Gasteiger partial charge in [-0.1, -0.05) is 12.1 Å². The fraction of sp³-hybridized carbons (Fsp3) is 0.533. The zero-order chi connectivity index (χ0) is 15.7. The molecule has 1 aromatic carbocycles. The van der Waals surface area contributed by atoms with E-state index in [-0.39, 0.29) is 12.4 Å². The maximum absolute atomic E-state index is 10.7. The Labute approximate surface area is 142 Å². The number of anilines is 1. The molecular formula is C15H24Cl2N2O3. The number of carboxylic acids is 1. The van der Waals surface area contributed by atoms with E-state index < -0.39 is 12.0 Å². The van der Waals surface area contributed by atoms with Gasteiger partial charge in [0, 0.05) is 31.3 Å². The number of hydrogen-bond donors (Lipinski definition) is 2. The minimum atomic E-state index is -0.987. The lowest BCUT2D eigenvalue weighted by atomic mass is 10.1. The Bertz CT molecular complexity index is 429. The van der Waals surface area contributed by atoms with E-state index in [9.17, 15) is 4.79 Å². The summed E-state index contributed by atoms with van der Waals surface area (Å²) in [7, 11) is 0. The van der Waals surface area contributed by atoms with Crippen LogP contribution in [0.15, 0.2) is 24.3 Å². The van der Waals surface area contributed by atoms with Gasteiger partial charge in [-0.15, -0.1) is 24.0 Å².